The molecule has 0 unspecified atom stereocenters. The number of halogens is 2. The molecule has 8 heteroatoms. The molecule has 0 radical (unpaired) electrons. The molecule has 0 atom stereocenters. The summed E-state index contributed by atoms with van der Waals surface area (Å²) in [7, 11) is 1.47. The first-order valence-electron chi connectivity index (χ1n) is 7.14. The van der Waals surface area contributed by atoms with Crippen LogP contribution < -0.4 is 14.8 Å². The summed E-state index contributed by atoms with van der Waals surface area (Å²) in [6, 6.07) is 11.7. The van der Waals surface area contributed by atoms with Gasteiger partial charge in [0.2, 0.25) is 0 Å². The Hall–Kier alpha value is -3.16. The standard InChI is InChI=1S/C17H15F2NO5/c1-23-14-4-2-3-11(9-14)16(22)24-10-15(21)20-12-5-7-13(8-6-12)25-17(18)19/h2-9,17H,10H2,1H3,(H,20,21). The van der Waals surface area contributed by atoms with Gasteiger partial charge in [-0.05, 0) is 42.5 Å². The monoisotopic (exact) mass is 351 g/mol. The Kier molecular flexibility index (Phi) is 6.27. The Morgan fingerprint density at radius 2 is 1.80 bits per heavy atom. The fraction of sp³-hybridized carbons (Fsp3) is 0.176. The van der Waals surface area contributed by atoms with Crippen molar-refractivity contribution in [2.24, 2.45) is 0 Å². The minimum Gasteiger partial charge on any atom is -0.497 e. The maximum atomic E-state index is 12.0. The maximum Gasteiger partial charge on any atom is 0.387 e. The maximum absolute atomic E-state index is 12.0. The molecule has 6 nitrogen and oxygen atoms in total. The van der Waals surface area contributed by atoms with Crippen molar-refractivity contribution in [2.75, 3.05) is 19.0 Å². The quantitative estimate of drug-likeness (QED) is 0.776. The number of benzene rings is 2. The molecule has 1 N–H and O–H groups in total. The Bertz CT molecular complexity index is 734. The number of hydrogen-bond acceptors (Lipinski definition) is 5. The minimum absolute atomic E-state index is 0.0301. The molecule has 2 rings (SSSR count). The van der Waals surface area contributed by atoms with E-state index in [1.165, 1.54) is 43.5 Å². The van der Waals surface area contributed by atoms with Crippen LogP contribution in [0.4, 0.5) is 14.5 Å². The third-order valence-electron chi connectivity index (χ3n) is 3.00. The van der Waals surface area contributed by atoms with Crippen molar-refractivity contribution in [2.45, 2.75) is 6.61 Å². The second kappa shape index (κ2) is 8.62. The van der Waals surface area contributed by atoms with Gasteiger partial charge in [-0.25, -0.2) is 4.79 Å². The van der Waals surface area contributed by atoms with Gasteiger partial charge in [0.05, 0.1) is 12.7 Å². The van der Waals surface area contributed by atoms with E-state index < -0.39 is 25.1 Å². The van der Waals surface area contributed by atoms with Gasteiger partial charge in [-0.3, -0.25) is 4.79 Å². The van der Waals surface area contributed by atoms with Gasteiger partial charge in [0.25, 0.3) is 5.91 Å². The highest BCUT2D eigenvalue weighted by Crippen LogP contribution is 2.18. The second-order valence-electron chi connectivity index (χ2n) is 4.76. The molecule has 0 saturated carbocycles. The van der Waals surface area contributed by atoms with Crippen molar-refractivity contribution >= 4 is 17.6 Å². The average molecular weight is 351 g/mol. The van der Waals surface area contributed by atoms with Crippen LogP contribution >= 0.6 is 0 Å². The topological polar surface area (TPSA) is 73.9 Å². The Labute approximate surface area is 142 Å². The van der Waals surface area contributed by atoms with Crippen molar-refractivity contribution < 1.29 is 32.6 Å². The fourth-order valence-corrected chi connectivity index (χ4v) is 1.88. The first kappa shape index (κ1) is 18.2. The van der Waals surface area contributed by atoms with Crippen molar-refractivity contribution in [1.29, 1.82) is 0 Å². The number of esters is 1. The fourth-order valence-electron chi connectivity index (χ4n) is 1.88. The molecule has 0 spiro atoms. The van der Waals surface area contributed by atoms with Gasteiger partial charge in [-0.15, -0.1) is 0 Å². The molecule has 25 heavy (non-hydrogen) atoms. The Balaban J connectivity index is 1.84. The molecule has 1 amide bonds. The van der Waals surface area contributed by atoms with Gasteiger partial charge in [0.15, 0.2) is 6.61 Å². The van der Waals surface area contributed by atoms with Crippen molar-refractivity contribution in [1.82, 2.24) is 0 Å². The van der Waals surface area contributed by atoms with Crippen LogP contribution in [-0.2, 0) is 9.53 Å². The lowest BCUT2D eigenvalue weighted by Crippen LogP contribution is -2.20. The molecule has 0 saturated heterocycles. The molecule has 132 valence electrons. The first-order valence-corrected chi connectivity index (χ1v) is 7.14. The smallest absolute Gasteiger partial charge is 0.387 e. The summed E-state index contributed by atoms with van der Waals surface area (Å²) in [6.07, 6.45) is 0. The molecule has 0 aliphatic rings. The molecule has 2 aromatic carbocycles. The third kappa shape index (κ3) is 5.76. The van der Waals surface area contributed by atoms with E-state index in [-0.39, 0.29) is 11.3 Å². The summed E-state index contributed by atoms with van der Waals surface area (Å²) in [4.78, 5) is 23.6. The van der Waals surface area contributed by atoms with Gasteiger partial charge in [0.1, 0.15) is 11.5 Å². The lowest BCUT2D eigenvalue weighted by molar-refractivity contribution is -0.119. The van der Waals surface area contributed by atoms with E-state index in [1.807, 2.05) is 0 Å². The van der Waals surface area contributed by atoms with Crippen LogP contribution in [0.15, 0.2) is 48.5 Å². The van der Waals surface area contributed by atoms with E-state index in [2.05, 4.69) is 10.1 Å². The number of methoxy groups -OCH3 is 1. The van der Waals surface area contributed by atoms with E-state index in [1.54, 1.807) is 12.1 Å². The largest absolute Gasteiger partial charge is 0.497 e. The zero-order valence-electron chi connectivity index (χ0n) is 13.2. The van der Waals surface area contributed by atoms with E-state index in [4.69, 9.17) is 9.47 Å². The van der Waals surface area contributed by atoms with Crippen LogP contribution in [0.5, 0.6) is 11.5 Å². The van der Waals surface area contributed by atoms with Crippen LogP contribution in [0.1, 0.15) is 10.4 Å². The zero-order chi connectivity index (χ0) is 18.2. The number of ether oxygens (including phenoxy) is 3. The summed E-state index contributed by atoms with van der Waals surface area (Å²) in [5, 5.41) is 2.47. The van der Waals surface area contributed by atoms with Gasteiger partial charge < -0.3 is 19.5 Å². The number of carbonyl (C=O) groups excluding carboxylic acids is 2. The van der Waals surface area contributed by atoms with Crippen LogP contribution in [0.3, 0.4) is 0 Å². The van der Waals surface area contributed by atoms with E-state index >= 15 is 0 Å². The lowest BCUT2D eigenvalue weighted by atomic mass is 10.2. The summed E-state index contributed by atoms with van der Waals surface area (Å²) in [5.74, 6) is -0.782. The second-order valence-corrected chi connectivity index (χ2v) is 4.76. The van der Waals surface area contributed by atoms with Crippen LogP contribution in [0.2, 0.25) is 0 Å². The molecular formula is C17H15F2NO5. The van der Waals surface area contributed by atoms with E-state index in [9.17, 15) is 18.4 Å². The average Bonchev–Trinajstić information content (AvgIpc) is 2.61. The van der Waals surface area contributed by atoms with Gasteiger partial charge >= 0.3 is 12.6 Å². The molecule has 0 aliphatic carbocycles. The Morgan fingerprint density at radius 1 is 1.08 bits per heavy atom. The van der Waals surface area contributed by atoms with E-state index in [0.29, 0.717) is 11.4 Å². The molecule has 0 aliphatic heterocycles. The Morgan fingerprint density at radius 3 is 2.44 bits per heavy atom. The molecule has 0 aromatic heterocycles. The van der Waals surface area contributed by atoms with Crippen molar-refractivity contribution in [3.05, 3.63) is 54.1 Å². The number of amides is 1. The predicted molar refractivity (Wildman–Crippen MR) is 85.0 cm³/mol. The number of anilines is 1. The molecule has 0 bridgehead atoms. The van der Waals surface area contributed by atoms with Gasteiger partial charge in [-0.2, -0.15) is 8.78 Å². The SMILES string of the molecule is COc1cccc(C(=O)OCC(=O)Nc2ccc(OC(F)F)cc2)c1. The number of hydrogen-bond donors (Lipinski definition) is 1. The molecule has 0 fully saturated rings. The normalized spacial score (nSPS) is 10.2. The summed E-state index contributed by atoms with van der Waals surface area (Å²) < 4.78 is 38.2. The summed E-state index contributed by atoms with van der Waals surface area (Å²) >= 11 is 0. The van der Waals surface area contributed by atoms with Crippen molar-refractivity contribution in [3.63, 3.8) is 0 Å². The van der Waals surface area contributed by atoms with Gasteiger partial charge in [-0.1, -0.05) is 6.07 Å². The highest BCUT2D eigenvalue weighted by molar-refractivity contribution is 5.95. The predicted octanol–water partition coefficient (Wildman–Crippen LogP) is 3.09. The number of rotatable bonds is 7. The van der Waals surface area contributed by atoms with Crippen LogP contribution in [0.25, 0.3) is 0 Å². The molecular weight excluding hydrogens is 336 g/mol. The van der Waals surface area contributed by atoms with E-state index in [0.717, 1.165) is 0 Å². The lowest BCUT2D eigenvalue weighted by Gasteiger charge is -2.08. The summed E-state index contributed by atoms with van der Waals surface area (Å²) in [5.41, 5.74) is 0.602. The highest BCUT2D eigenvalue weighted by Gasteiger charge is 2.11. The van der Waals surface area contributed by atoms with Gasteiger partial charge in [0, 0.05) is 5.69 Å². The number of alkyl halides is 2. The van der Waals surface area contributed by atoms with Crippen molar-refractivity contribution in [3.8, 4) is 11.5 Å². The molecule has 0 heterocycles. The number of nitrogens with one attached hydrogen (secondary N) is 1. The van der Waals surface area contributed by atoms with Crippen LogP contribution in [0, 0.1) is 0 Å². The third-order valence-corrected chi connectivity index (χ3v) is 3.00. The highest BCUT2D eigenvalue weighted by atomic mass is 19.3. The first-order chi connectivity index (χ1) is 12.0. The summed E-state index contributed by atoms with van der Waals surface area (Å²) in [6.45, 7) is -3.41. The number of carbonyl (C=O) groups is 2. The zero-order valence-corrected chi connectivity index (χ0v) is 13.2. The minimum atomic E-state index is -2.92. The van der Waals surface area contributed by atoms with Crippen LogP contribution in [-0.4, -0.2) is 32.2 Å². The molecule has 2 aromatic rings.